The molecule has 0 bridgehead atoms. The summed E-state index contributed by atoms with van der Waals surface area (Å²) in [5.41, 5.74) is 3.71. The van der Waals surface area contributed by atoms with Crippen molar-refractivity contribution < 1.29 is 9.21 Å². The molecule has 0 saturated heterocycles. The molecular formula is C23H26N2O2S. The summed E-state index contributed by atoms with van der Waals surface area (Å²) in [6, 6.07) is 16.0. The van der Waals surface area contributed by atoms with Crippen LogP contribution in [0, 0.1) is 13.8 Å². The summed E-state index contributed by atoms with van der Waals surface area (Å²) in [6.45, 7) is 8.07. The summed E-state index contributed by atoms with van der Waals surface area (Å²) in [7, 11) is 0. The van der Waals surface area contributed by atoms with Crippen LogP contribution in [0.25, 0.3) is 11.5 Å². The standard InChI is InChI=1S/C23H26N2O2S/c1-5-16(3)24-22(26)18-8-10-19(11-9-18)23-25-21(17(4)27-23)14-28-20-12-6-15(2)7-13-20/h6-13,16H,5,14H2,1-4H3,(H,24,26). The van der Waals surface area contributed by atoms with Crippen molar-refractivity contribution in [2.45, 2.75) is 50.8 Å². The van der Waals surface area contributed by atoms with Crippen LogP contribution < -0.4 is 5.32 Å². The molecular weight excluding hydrogens is 368 g/mol. The van der Waals surface area contributed by atoms with E-state index in [0.717, 1.165) is 29.2 Å². The number of oxazole rings is 1. The second-order valence-corrected chi connectivity index (χ2v) is 8.03. The number of benzene rings is 2. The van der Waals surface area contributed by atoms with Gasteiger partial charge in [-0.05, 0) is 63.6 Å². The summed E-state index contributed by atoms with van der Waals surface area (Å²) in [6.07, 6.45) is 0.906. The third kappa shape index (κ3) is 5.04. The van der Waals surface area contributed by atoms with Crippen molar-refractivity contribution in [2.24, 2.45) is 0 Å². The highest BCUT2D eigenvalue weighted by Crippen LogP contribution is 2.28. The van der Waals surface area contributed by atoms with Crippen LogP contribution in [0.4, 0.5) is 0 Å². The van der Waals surface area contributed by atoms with Crippen LogP contribution in [0.15, 0.2) is 57.8 Å². The van der Waals surface area contributed by atoms with E-state index in [1.807, 2.05) is 45.0 Å². The monoisotopic (exact) mass is 394 g/mol. The van der Waals surface area contributed by atoms with Gasteiger partial charge >= 0.3 is 0 Å². The van der Waals surface area contributed by atoms with Gasteiger partial charge < -0.3 is 9.73 Å². The summed E-state index contributed by atoms with van der Waals surface area (Å²) in [5.74, 6) is 2.12. The van der Waals surface area contributed by atoms with E-state index in [-0.39, 0.29) is 11.9 Å². The molecule has 1 N–H and O–H groups in total. The van der Waals surface area contributed by atoms with Gasteiger partial charge in [0.05, 0.1) is 5.69 Å². The van der Waals surface area contributed by atoms with E-state index >= 15 is 0 Å². The molecule has 0 aliphatic heterocycles. The molecule has 1 heterocycles. The van der Waals surface area contributed by atoms with Gasteiger partial charge in [0.1, 0.15) is 5.76 Å². The van der Waals surface area contributed by atoms with Gasteiger partial charge in [-0.1, -0.05) is 24.6 Å². The van der Waals surface area contributed by atoms with Crippen molar-refractivity contribution in [1.29, 1.82) is 0 Å². The molecule has 28 heavy (non-hydrogen) atoms. The minimum Gasteiger partial charge on any atom is -0.441 e. The number of thioether (sulfide) groups is 1. The van der Waals surface area contributed by atoms with E-state index in [9.17, 15) is 4.79 Å². The molecule has 0 saturated carbocycles. The number of carbonyl (C=O) groups is 1. The first kappa shape index (κ1) is 20.2. The van der Waals surface area contributed by atoms with Gasteiger partial charge in [0.2, 0.25) is 5.89 Å². The predicted molar refractivity (Wildman–Crippen MR) is 115 cm³/mol. The zero-order chi connectivity index (χ0) is 20.1. The van der Waals surface area contributed by atoms with Crippen molar-refractivity contribution in [1.82, 2.24) is 10.3 Å². The average Bonchev–Trinajstić information content (AvgIpc) is 3.08. The van der Waals surface area contributed by atoms with Crippen molar-refractivity contribution >= 4 is 17.7 Å². The van der Waals surface area contributed by atoms with Crippen LogP contribution in [0.5, 0.6) is 0 Å². The average molecular weight is 395 g/mol. The minimum absolute atomic E-state index is 0.0559. The third-order valence-corrected chi connectivity index (χ3v) is 5.70. The van der Waals surface area contributed by atoms with Crippen molar-refractivity contribution in [2.75, 3.05) is 0 Å². The van der Waals surface area contributed by atoms with Crippen LogP contribution in [-0.4, -0.2) is 16.9 Å². The van der Waals surface area contributed by atoms with Crippen molar-refractivity contribution in [3.8, 4) is 11.5 Å². The molecule has 0 fully saturated rings. The highest BCUT2D eigenvalue weighted by Gasteiger charge is 2.13. The van der Waals surface area contributed by atoms with Gasteiger partial charge in [0.25, 0.3) is 5.91 Å². The highest BCUT2D eigenvalue weighted by molar-refractivity contribution is 7.98. The summed E-state index contributed by atoms with van der Waals surface area (Å²) in [5, 5.41) is 2.97. The molecule has 1 unspecified atom stereocenters. The van der Waals surface area contributed by atoms with Gasteiger partial charge in [0.15, 0.2) is 0 Å². The normalized spacial score (nSPS) is 12.0. The molecule has 0 radical (unpaired) electrons. The lowest BCUT2D eigenvalue weighted by Gasteiger charge is -2.11. The van der Waals surface area contributed by atoms with Crippen molar-refractivity contribution in [3.05, 3.63) is 71.1 Å². The lowest BCUT2D eigenvalue weighted by Crippen LogP contribution is -2.31. The molecule has 5 heteroatoms. The molecule has 1 aromatic heterocycles. The smallest absolute Gasteiger partial charge is 0.251 e. The predicted octanol–water partition coefficient (Wildman–Crippen LogP) is 5.78. The van der Waals surface area contributed by atoms with Gasteiger partial charge in [0, 0.05) is 27.8 Å². The Hall–Kier alpha value is -2.53. The van der Waals surface area contributed by atoms with Crippen LogP contribution >= 0.6 is 11.8 Å². The lowest BCUT2D eigenvalue weighted by molar-refractivity contribution is 0.0939. The first-order valence-corrected chi connectivity index (χ1v) is 10.5. The Morgan fingerprint density at radius 2 is 1.79 bits per heavy atom. The molecule has 3 rings (SSSR count). The number of aromatic nitrogens is 1. The largest absolute Gasteiger partial charge is 0.441 e. The zero-order valence-electron chi connectivity index (χ0n) is 16.8. The molecule has 2 aromatic carbocycles. The summed E-state index contributed by atoms with van der Waals surface area (Å²) in [4.78, 5) is 18.1. The molecule has 146 valence electrons. The SMILES string of the molecule is CCC(C)NC(=O)c1ccc(-c2nc(CSc3ccc(C)cc3)c(C)o2)cc1. The van der Waals surface area contributed by atoms with Crippen LogP contribution in [0.3, 0.4) is 0 Å². The number of rotatable bonds is 7. The van der Waals surface area contributed by atoms with E-state index in [0.29, 0.717) is 11.5 Å². The van der Waals surface area contributed by atoms with Crippen LogP contribution in [0.1, 0.15) is 47.6 Å². The maximum Gasteiger partial charge on any atom is 0.251 e. The van der Waals surface area contributed by atoms with E-state index in [1.165, 1.54) is 10.5 Å². The number of amides is 1. The van der Waals surface area contributed by atoms with Crippen LogP contribution in [-0.2, 0) is 5.75 Å². The van der Waals surface area contributed by atoms with E-state index in [4.69, 9.17) is 4.42 Å². The number of aryl methyl sites for hydroxylation is 2. The Morgan fingerprint density at radius 1 is 1.11 bits per heavy atom. The van der Waals surface area contributed by atoms with Gasteiger partial charge in [-0.25, -0.2) is 4.98 Å². The molecule has 0 aliphatic carbocycles. The molecule has 1 amide bonds. The second kappa shape index (κ2) is 9.11. The number of carbonyl (C=O) groups excluding carboxylic acids is 1. The topological polar surface area (TPSA) is 55.1 Å². The Labute approximate surface area is 170 Å². The second-order valence-electron chi connectivity index (χ2n) is 6.98. The number of nitrogens with one attached hydrogen (secondary N) is 1. The lowest BCUT2D eigenvalue weighted by atomic mass is 10.1. The Bertz CT molecular complexity index is 930. The maximum absolute atomic E-state index is 12.2. The van der Waals surface area contributed by atoms with Gasteiger partial charge in [-0.3, -0.25) is 4.79 Å². The first-order valence-electron chi connectivity index (χ1n) is 9.53. The van der Waals surface area contributed by atoms with Gasteiger partial charge in [-0.2, -0.15) is 0 Å². The maximum atomic E-state index is 12.2. The fraction of sp³-hybridized carbons (Fsp3) is 0.304. The number of hydrogen-bond acceptors (Lipinski definition) is 4. The van der Waals surface area contributed by atoms with Crippen molar-refractivity contribution in [3.63, 3.8) is 0 Å². The van der Waals surface area contributed by atoms with Crippen LogP contribution in [0.2, 0.25) is 0 Å². The minimum atomic E-state index is -0.0559. The molecule has 4 nitrogen and oxygen atoms in total. The fourth-order valence-electron chi connectivity index (χ4n) is 2.64. The zero-order valence-corrected chi connectivity index (χ0v) is 17.6. The summed E-state index contributed by atoms with van der Waals surface area (Å²) < 4.78 is 5.87. The number of nitrogens with zero attached hydrogens (tertiary/aromatic N) is 1. The number of hydrogen-bond donors (Lipinski definition) is 1. The Morgan fingerprint density at radius 3 is 2.43 bits per heavy atom. The first-order chi connectivity index (χ1) is 13.5. The molecule has 0 spiro atoms. The Kier molecular flexibility index (Phi) is 6.57. The molecule has 3 aromatic rings. The van der Waals surface area contributed by atoms with E-state index in [2.05, 4.69) is 41.5 Å². The highest BCUT2D eigenvalue weighted by atomic mass is 32.2. The third-order valence-electron chi connectivity index (χ3n) is 4.67. The quantitative estimate of drug-likeness (QED) is 0.516. The van der Waals surface area contributed by atoms with Gasteiger partial charge in [-0.15, -0.1) is 11.8 Å². The van der Waals surface area contributed by atoms with E-state index < -0.39 is 0 Å². The molecule has 0 aliphatic rings. The summed E-state index contributed by atoms with van der Waals surface area (Å²) >= 11 is 1.74. The molecule has 1 atom stereocenters. The fourth-order valence-corrected chi connectivity index (χ4v) is 3.54. The Balaban J connectivity index is 1.68. The van der Waals surface area contributed by atoms with E-state index in [1.54, 1.807) is 11.8 Å².